The summed E-state index contributed by atoms with van der Waals surface area (Å²) in [5.74, 6) is 0. The largest absolute Gasteiger partial charge is 0.313 e. The molecule has 132 valence electrons. The highest BCUT2D eigenvalue weighted by atomic mass is 79.9. The molecular weight excluding hydrogens is 404 g/mol. The van der Waals surface area contributed by atoms with Crippen LogP contribution >= 0.6 is 15.9 Å². The second-order valence-corrected chi connectivity index (χ2v) is 8.69. The van der Waals surface area contributed by atoms with Gasteiger partial charge in [0.2, 0.25) is 0 Å². The number of nitrogens with zero attached hydrogens (tertiary/aromatic N) is 2. The number of aryl methyl sites for hydroxylation is 2. The topological polar surface area (TPSA) is 61.1 Å². The van der Waals surface area contributed by atoms with Gasteiger partial charge < -0.3 is 4.57 Å². The number of hydrogen-bond donors (Lipinski definition) is 0. The van der Waals surface area contributed by atoms with Crippen LogP contribution in [0.3, 0.4) is 0 Å². The molecule has 0 radical (unpaired) electrons. The fourth-order valence-corrected chi connectivity index (χ4v) is 4.65. The maximum Gasteiger partial charge on any atom is 0.276 e. The number of fused-ring (bicyclic) bond motifs is 1. The Morgan fingerprint density at radius 3 is 2.44 bits per heavy atom. The molecule has 0 bridgehead atoms. The van der Waals surface area contributed by atoms with Gasteiger partial charge in [-0.2, -0.15) is 0 Å². The van der Waals surface area contributed by atoms with Crippen molar-refractivity contribution in [2.45, 2.75) is 38.1 Å². The van der Waals surface area contributed by atoms with Crippen molar-refractivity contribution < 1.29 is 8.42 Å². The molecule has 0 fully saturated rings. The van der Waals surface area contributed by atoms with Crippen LogP contribution in [-0.2, 0) is 16.6 Å². The predicted octanol–water partition coefficient (Wildman–Crippen LogP) is 3.91. The third-order valence-corrected chi connectivity index (χ3v) is 6.49. The number of rotatable bonds is 5. The highest BCUT2D eigenvalue weighted by Crippen LogP contribution is 2.26. The second kappa shape index (κ2) is 6.80. The lowest BCUT2D eigenvalue weighted by molar-refractivity contribution is 0.587. The molecule has 0 aliphatic heterocycles. The number of benzene rings is 1. The van der Waals surface area contributed by atoms with Gasteiger partial charge in [-0.05, 0) is 47.5 Å². The molecule has 2 heterocycles. The fraction of sp³-hybridized carbons (Fsp3) is 0.278. The lowest BCUT2D eigenvalue weighted by atomic mass is 10.2. The monoisotopic (exact) mass is 422 g/mol. The summed E-state index contributed by atoms with van der Waals surface area (Å²) in [5, 5.41) is 0.591. The molecule has 3 aromatic rings. The number of hydrogen-bond acceptors (Lipinski definition) is 3. The Labute approximate surface area is 155 Å². The van der Waals surface area contributed by atoms with Crippen LogP contribution in [0.1, 0.15) is 25.3 Å². The average molecular weight is 423 g/mol. The fourth-order valence-electron chi connectivity index (χ4n) is 2.74. The average Bonchev–Trinajstić information content (AvgIpc) is 3.04. The van der Waals surface area contributed by atoms with E-state index in [1.165, 1.54) is 6.20 Å². The molecule has 0 N–H and O–H groups in total. The Hall–Kier alpha value is -1.86. The van der Waals surface area contributed by atoms with E-state index in [9.17, 15) is 13.2 Å². The lowest BCUT2D eigenvalue weighted by Crippen LogP contribution is -2.24. The van der Waals surface area contributed by atoms with Crippen LogP contribution in [-0.4, -0.2) is 17.0 Å². The van der Waals surface area contributed by atoms with E-state index in [0.29, 0.717) is 16.4 Å². The van der Waals surface area contributed by atoms with Crippen molar-refractivity contribution in [2.24, 2.45) is 0 Å². The molecule has 0 unspecified atom stereocenters. The van der Waals surface area contributed by atoms with Gasteiger partial charge in [0.25, 0.3) is 15.6 Å². The summed E-state index contributed by atoms with van der Waals surface area (Å²) < 4.78 is 29.4. The molecule has 0 saturated heterocycles. The summed E-state index contributed by atoms with van der Waals surface area (Å²) in [6, 6.07) is 8.26. The van der Waals surface area contributed by atoms with Gasteiger partial charge in [-0.3, -0.25) is 4.79 Å². The quantitative estimate of drug-likeness (QED) is 0.625. The summed E-state index contributed by atoms with van der Waals surface area (Å²) in [7, 11) is -3.83. The molecule has 0 saturated carbocycles. The van der Waals surface area contributed by atoms with Gasteiger partial charge in [-0.25, -0.2) is 12.4 Å². The van der Waals surface area contributed by atoms with Gasteiger partial charge in [0.15, 0.2) is 0 Å². The Morgan fingerprint density at radius 2 is 1.80 bits per heavy atom. The number of pyridine rings is 1. The highest BCUT2D eigenvalue weighted by molar-refractivity contribution is 9.10. The maximum atomic E-state index is 13.0. The molecular formula is C18H19BrN2O3S. The smallest absolute Gasteiger partial charge is 0.276 e. The zero-order chi connectivity index (χ0) is 18.2. The molecule has 0 amide bonds. The molecule has 2 aromatic heterocycles. The maximum absolute atomic E-state index is 13.0. The molecule has 5 nitrogen and oxygen atoms in total. The predicted molar refractivity (Wildman–Crippen MR) is 103 cm³/mol. The summed E-state index contributed by atoms with van der Waals surface area (Å²) in [4.78, 5) is 13.0. The zero-order valence-corrected chi connectivity index (χ0v) is 16.5. The molecule has 0 aliphatic rings. The van der Waals surface area contributed by atoms with Crippen LogP contribution in [0, 0.1) is 6.92 Å². The number of unbranched alkanes of at least 4 members (excludes halogenated alkanes) is 1. The molecule has 3 rings (SSSR count). The minimum Gasteiger partial charge on any atom is -0.313 e. The number of aromatic nitrogens is 2. The summed E-state index contributed by atoms with van der Waals surface area (Å²) in [6.45, 7) is 4.49. The molecule has 25 heavy (non-hydrogen) atoms. The van der Waals surface area contributed by atoms with Crippen molar-refractivity contribution in [1.29, 1.82) is 0 Å². The summed E-state index contributed by atoms with van der Waals surface area (Å²) >= 11 is 3.45. The van der Waals surface area contributed by atoms with Crippen LogP contribution in [0.25, 0.3) is 10.9 Å². The highest BCUT2D eigenvalue weighted by Gasteiger charge is 2.22. The van der Waals surface area contributed by atoms with Crippen molar-refractivity contribution in [1.82, 2.24) is 8.54 Å². The van der Waals surface area contributed by atoms with E-state index < -0.39 is 10.0 Å². The van der Waals surface area contributed by atoms with E-state index in [1.54, 1.807) is 41.1 Å². The third-order valence-electron chi connectivity index (χ3n) is 4.17. The van der Waals surface area contributed by atoms with E-state index in [1.807, 2.05) is 13.8 Å². The SMILES string of the molecule is CCCCn1cc(Br)c2ccn(S(=O)(=O)c3ccc(C)cc3)c2c1=O. The lowest BCUT2D eigenvalue weighted by Gasteiger charge is -2.10. The minimum atomic E-state index is -3.83. The Balaban J connectivity index is 2.25. The first kappa shape index (κ1) is 17.9. The standard InChI is InChI=1S/C18H19BrN2O3S/c1-3-4-10-20-12-16(19)15-9-11-21(17(15)18(20)22)25(23,24)14-7-5-13(2)6-8-14/h5-9,11-12H,3-4,10H2,1-2H3. The number of halogens is 1. The third kappa shape index (κ3) is 3.18. The van der Waals surface area contributed by atoms with E-state index in [4.69, 9.17) is 0 Å². The minimum absolute atomic E-state index is 0.162. The van der Waals surface area contributed by atoms with Crippen molar-refractivity contribution >= 4 is 36.9 Å². The normalized spacial score (nSPS) is 12.0. The van der Waals surface area contributed by atoms with Crippen LogP contribution in [0.15, 0.2) is 56.9 Å². The Morgan fingerprint density at radius 1 is 1.12 bits per heavy atom. The van der Waals surface area contributed by atoms with Gasteiger partial charge >= 0.3 is 0 Å². The van der Waals surface area contributed by atoms with Gasteiger partial charge in [0.05, 0.1) is 4.90 Å². The van der Waals surface area contributed by atoms with Gasteiger partial charge in [0.1, 0.15) is 5.52 Å². The first-order valence-corrected chi connectivity index (χ1v) is 10.3. The van der Waals surface area contributed by atoms with Crippen LogP contribution in [0.2, 0.25) is 0 Å². The van der Waals surface area contributed by atoms with Crippen molar-refractivity contribution in [3.63, 3.8) is 0 Å². The zero-order valence-electron chi connectivity index (χ0n) is 14.1. The molecule has 7 heteroatoms. The van der Waals surface area contributed by atoms with Gasteiger partial charge in [-0.15, -0.1) is 0 Å². The van der Waals surface area contributed by atoms with Crippen molar-refractivity contribution in [3.05, 3.63) is 63.1 Å². The first-order valence-electron chi connectivity index (χ1n) is 8.08. The molecule has 0 atom stereocenters. The molecule has 0 aliphatic carbocycles. The summed E-state index contributed by atoms with van der Waals surface area (Å²) in [5.41, 5.74) is 0.847. The van der Waals surface area contributed by atoms with Gasteiger partial charge in [0, 0.05) is 28.8 Å². The molecule has 0 spiro atoms. The van der Waals surface area contributed by atoms with E-state index in [0.717, 1.165) is 22.4 Å². The van der Waals surface area contributed by atoms with Crippen LogP contribution < -0.4 is 5.56 Å². The Bertz CT molecular complexity index is 1080. The second-order valence-electron chi connectivity index (χ2n) is 6.02. The van der Waals surface area contributed by atoms with Crippen molar-refractivity contribution in [3.8, 4) is 0 Å². The van der Waals surface area contributed by atoms with Gasteiger partial charge in [-0.1, -0.05) is 31.0 Å². The van der Waals surface area contributed by atoms with E-state index in [2.05, 4.69) is 15.9 Å². The molecule has 1 aromatic carbocycles. The van der Waals surface area contributed by atoms with E-state index in [-0.39, 0.29) is 16.0 Å². The Kier molecular flexibility index (Phi) is 4.88. The van der Waals surface area contributed by atoms with Crippen molar-refractivity contribution in [2.75, 3.05) is 0 Å². The van der Waals surface area contributed by atoms with Crippen LogP contribution in [0.4, 0.5) is 0 Å². The first-order chi connectivity index (χ1) is 11.9. The summed E-state index contributed by atoms with van der Waals surface area (Å²) in [6.07, 6.45) is 4.97. The van der Waals surface area contributed by atoms with Crippen LogP contribution in [0.5, 0.6) is 0 Å². The van der Waals surface area contributed by atoms with E-state index >= 15 is 0 Å².